The van der Waals surface area contributed by atoms with Crippen molar-refractivity contribution in [3.63, 3.8) is 0 Å². The first-order valence-electron chi connectivity index (χ1n) is 5.98. The molecule has 0 fully saturated rings. The lowest BCUT2D eigenvalue weighted by Crippen LogP contribution is -2.07. The second-order valence-electron chi connectivity index (χ2n) is 4.54. The third kappa shape index (κ3) is 3.34. The van der Waals surface area contributed by atoms with Crippen molar-refractivity contribution in [2.75, 3.05) is 5.32 Å². The van der Waals surface area contributed by atoms with Gasteiger partial charge in [-0.2, -0.15) is 0 Å². The van der Waals surface area contributed by atoms with E-state index in [0.29, 0.717) is 10.0 Å². The summed E-state index contributed by atoms with van der Waals surface area (Å²) < 4.78 is 0. The van der Waals surface area contributed by atoms with E-state index >= 15 is 0 Å². The molecule has 19 heavy (non-hydrogen) atoms. The first kappa shape index (κ1) is 14.0. The Labute approximate surface area is 123 Å². The number of nitrogens with one attached hydrogen (secondary N) is 1. The predicted octanol–water partition coefficient (Wildman–Crippen LogP) is 5.18. The van der Waals surface area contributed by atoms with Crippen LogP contribution in [0.3, 0.4) is 0 Å². The SMILES string of the molecule is Cc1cc(O)ccc1NC(C)c1ccc(Cl)c(Cl)c1. The molecular formula is C15H15Cl2NO. The average molecular weight is 296 g/mol. The number of phenols is 1. The summed E-state index contributed by atoms with van der Waals surface area (Å²) in [7, 11) is 0. The lowest BCUT2D eigenvalue weighted by molar-refractivity contribution is 0.475. The molecule has 0 spiro atoms. The third-order valence-corrected chi connectivity index (χ3v) is 3.76. The number of hydrogen-bond acceptors (Lipinski definition) is 2. The van der Waals surface area contributed by atoms with E-state index in [2.05, 4.69) is 5.32 Å². The number of anilines is 1. The van der Waals surface area contributed by atoms with Gasteiger partial charge in [-0.3, -0.25) is 0 Å². The standard InChI is InChI=1S/C15H15Cl2NO/c1-9-7-12(19)4-6-15(9)18-10(2)11-3-5-13(16)14(17)8-11/h3-8,10,18-19H,1-2H3. The Morgan fingerprint density at radius 1 is 1.05 bits per heavy atom. The van der Waals surface area contributed by atoms with Gasteiger partial charge in [-0.15, -0.1) is 0 Å². The Bertz CT molecular complexity index is 599. The van der Waals surface area contributed by atoms with Gasteiger partial charge in [0.05, 0.1) is 10.0 Å². The molecule has 2 N–H and O–H groups in total. The van der Waals surface area contributed by atoms with Gasteiger partial charge in [0.1, 0.15) is 5.75 Å². The third-order valence-electron chi connectivity index (χ3n) is 3.03. The molecule has 2 aromatic carbocycles. The lowest BCUT2D eigenvalue weighted by Gasteiger charge is -2.18. The summed E-state index contributed by atoms with van der Waals surface area (Å²) in [4.78, 5) is 0. The summed E-state index contributed by atoms with van der Waals surface area (Å²) in [5.41, 5.74) is 3.03. The monoisotopic (exact) mass is 295 g/mol. The molecule has 0 saturated carbocycles. The number of halogens is 2. The van der Waals surface area contributed by atoms with Crippen LogP contribution >= 0.6 is 23.2 Å². The van der Waals surface area contributed by atoms with E-state index < -0.39 is 0 Å². The molecular weight excluding hydrogens is 281 g/mol. The zero-order chi connectivity index (χ0) is 14.0. The summed E-state index contributed by atoms with van der Waals surface area (Å²) in [5, 5.41) is 13.9. The van der Waals surface area contributed by atoms with Crippen molar-refractivity contribution < 1.29 is 5.11 Å². The van der Waals surface area contributed by atoms with Gasteiger partial charge >= 0.3 is 0 Å². The first-order chi connectivity index (χ1) is 8.97. The maximum absolute atomic E-state index is 9.40. The minimum absolute atomic E-state index is 0.0954. The van der Waals surface area contributed by atoms with Crippen LogP contribution in [0.5, 0.6) is 5.75 Å². The Balaban J connectivity index is 2.20. The number of aryl methyl sites for hydroxylation is 1. The van der Waals surface area contributed by atoms with E-state index in [1.807, 2.05) is 32.0 Å². The molecule has 0 amide bonds. The normalized spacial score (nSPS) is 12.2. The maximum atomic E-state index is 9.40. The van der Waals surface area contributed by atoms with Crippen LogP contribution in [0.1, 0.15) is 24.1 Å². The van der Waals surface area contributed by atoms with Gasteiger partial charge in [-0.1, -0.05) is 29.3 Å². The van der Waals surface area contributed by atoms with Crippen LogP contribution < -0.4 is 5.32 Å². The molecule has 2 aromatic rings. The molecule has 0 radical (unpaired) electrons. The van der Waals surface area contributed by atoms with Crippen LogP contribution in [0.2, 0.25) is 10.0 Å². The Kier molecular flexibility index (Phi) is 4.23. The Morgan fingerprint density at radius 2 is 1.79 bits per heavy atom. The number of phenolic OH excluding ortho intramolecular Hbond substituents is 1. The molecule has 0 heterocycles. The van der Waals surface area contributed by atoms with Crippen molar-refractivity contribution in [1.82, 2.24) is 0 Å². The van der Waals surface area contributed by atoms with Crippen molar-refractivity contribution >= 4 is 28.9 Å². The van der Waals surface area contributed by atoms with Crippen LogP contribution in [0.4, 0.5) is 5.69 Å². The highest BCUT2D eigenvalue weighted by atomic mass is 35.5. The zero-order valence-electron chi connectivity index (χ0n) is 10.7. The summed E-state index contributed by atoms with van der Waals surface area (Å²) in [6.45, 7) is 4.00. The molecule has 2 rings (SSSR count). The average Bonchev–Trinajstić information content (AvgIpc) is 2.36. The largest absolute Gasteiger partial charge is 0.508 e. The highest BCUT2D eigenvalue weighted by Gasteiger charge is 2.09. The van der Waals surface area contributed by atoms with Gasteiger partial charge in [0, 0.05) is 11.7 Å². The van der Waals surface area contributed by atoms with Gasteiger partial charge in [-0.25, -0.2) is 0 Å². The van der Waals surface area contributed by atoms with Crippen LogP contribution in [0.25, 0.3) is 0 Å². The summed E-state index contributed by atoms with van der Waals surface area (Å²) in [6.07, 6.45) is 0. The minimum Gasteiger partial charge on any atom is -0.508 e. The molecule has 4 heteroatoms. The van der Waals surface area contributed by atoms with E-state index in [9.17, 15) is 5.11 Å². The van der Waals surface area contributed by atoms with Gasteiger partial charge in [-0.05, 0) is 55.3 Å². The van der Waals surface area contributed by atoms with Gasteiger partial charge < -0.3 is 10.4 Å². The van der Waals surface area contributed by atoms with Gasteiger partial charge in [0.25, 0.3) is 0 Å². The minimum atomic E-state index is 0.0954. The molecule has 1 atom stereocenters. The maximum Gasteiger partial charge on any atom is 0.115 e. The quantitative estimate of drug-likeness (QED) is 0.765. The van der Waals surface area contributed by atoms with Crippen molar-refractivity contribution in [3.8, 4) is 5.75 Å². The predicted molar refractivity (Wildman–Crippen MR) is 81.3 cm³/mol. The van der Waals surface area contributed by atoms with E-state index in [1.165, 1.54) is 0 Å². The van der Waals surface area contributed by atoms with Gasteiger partial charge in [0.15, 0.2) is 0 Å². The molecule has 0 aliphatic rings. The van der Waals surface area contributed by atoms with Crippen molar-refractivity contribution in [2.24, 2.45) is 0 Å². The zero-order valence-corrected chi connectivity index (χ0v) is 12.3. The number of rotatable bonds is 3. The second-order valence-corrected chi connectivity index (χ2v) is 5.35. The number of benzene rings is 2. The molecule has 0 aliphatic heterocycles. The summed E-state index contributed by atoms with van der Waals surface area (Å²) >= 11 is 11.9. The van der Waals surface area contributed by atoms with Crippen molar-refractivity contribution in [1.29, 1.82) is 0 Å². The number of hydrogen-bond donors (Lipinski definition) is 2. The molecule has 0 bridgehead atoms. The molecule has 0 saturated heterocycles. The molecule has 0 aliphatic carbocycles. The fraction of sp³-hybridized carbons (Fsp3) is 0.200. The van der Waals surface area contributed by atoms with E-state index in [-0.39, 0.29) is 11.8 Å². The first-order valence-corrected chi connectivity index (χ1v) is 6.74. The summed E-state index contributed by atoms with van der Waals surface area (Å²) in [5.74, 6) is 0.269. The van der Waals surface area contributed by atoms with Crippen LogP contribution in [-0.2, 0) is 0 Å². The number of aromatic hydroxyl groups is 1. The smallest absolute Gasteiger partial charge is 0.115 e. The van der Waals surface area contributed by atoms with E-state index in [0.717, 1.165) is 16.8 Å². The van der Waals surface area contributed by atoms with Crippen LogP contribution in [-0.4, -0.2) is 5.11 Å². The van der Waals surface area contributed by atoms with Crippen molar-refractivity contribution in [3.05, 3.63) is 57.6 Å². The fourth-order valence-electron chi connectivity index (χ4n) is 1.91. The molecule has 2 nitrogen and oxygen atoms in total. The Hall–Kier alpha value is -1.38. The second kappa shape index (κ2) is 5.72. The van der Waals surface area contributed by atoms with E-state index in [1.54, 1.807) is 18.2 Å². The van der Waals surface area contributed by atoms with Crippen LogP contribution in [0, 0.1) is 6.92 Å². The molecule has 100 valence electrons. The highest BCUT2D eigenvalue weighted by molar-refractivity contribution is 6.42. The van der Waals surface area contributed by atoms with Crippen LogP contribution in [0.15, 0.2) is 36.4 Å². The Morgan fingerprint density at radius 3 is 2.42 bits per heavy atom. The lowest BCUT2D eigenvalue weighted by atomic mass is 10.1. The van der Waals surface area contributed by atoms with Gasteiger partial charge in [0.2, 0.25) is 0 Å². The molecule has 1 unspecified atom stereocenters. The van der Waals surface area contributed by atoms with Crippen molar-refractivity contribution in [2.45, 2.75) is 19.9 Å². The fourth-order valence-corrected chi connectivity index (χ4v) is 2.21. The molecule has 0 aromatic heterocycles. The summed E-state index contributed by atoms with van der Waals surface area (Å²) in [6, 6.07) is 10.9. The highest BCUT2D eigenvalue weighted by Crippen LogP contribution is 2.29. The van der Waals surface area contributed by atoms with E-state index in [4.69, 9.17) is 23.2 Å². The topological polar surface area (TPSA) is 32.3 Å².